The predicted octanol–water partition coefficient (Wildman–Crippen LogP) is 3.89. The van der Waals surface area contributed by atoms with Crippen LogP contribution in [0.3, 0.4) is 0 Å². The largest absolute Gasteiger partial charge is 0.305 e. The minimum absolute atomic E-state index is 0.145. The van der Waals surface area contributed by atoms with Crippen molar-refractivity contribution in [1.29, 1.82) is 0 Å². The molecule has 22 heavy (non-hydrogen) atoms. The normalized spacial score (nSPS) is 11.1. The number of rotatable bonds is 3. The standard InChI is InChI=1S/C15H10F3N3O/c16-9-6-4-8(5-7-9)15(22)19-14-11-3-1-2-10(13(17)18)12(11)20-21-14/h1-7,13H,(H2,19,20,21,22). The lowest BCUT2D eigenvalue weighted by Gasteiger charge is -2.03. The molecule has 3 rings (SSSR count). The van der Waals surface area contributed by atoms with Crippen LogP contribution < -0.4 is 5.32 Å². The lowest BCUT2D eigenvalue weighted by atomic mass is 10.1. The zero-order chi connectivity index (χ0) is 15.7. The van der Waals surface area contributed by atoms with Crippen molar-refractivity contribution >= 4 is 22.6 Å². The zero-order valence-electron chi connectivity index (χ0n) is 11.1. The second kappa shape index (κ2) is 5.51. The fraction of sp³-hybridized carbons (Fsp3) is 0.0667. The van der Waals surface area contributed by atoms with E-state index in [-0.39, 0.29) is 22.5 Å². The number of carbonyl (C=O) groups is 1. The quantitative estimate of drug-likeness (QED) is 0.771. The number of carbonyl (C=O) groups excluding carboxylic acids is 1. The first-order chi connectivity index (χ1) is 10.6. The zero-order valence-corrected chi connectivity index (χ0v) is 11.1. The van der Waals surface area contributed by atoms with Gasteiger partial charge in [-0.15, -0.1) is 0 Å². The molecule has 1 amide bonds. The highest BCUT2D eigenvalue weighted by Crippen LogP contribution is 2.29. The van der Waals surface area contributed by atoms with Crippen LogP contribution in [0.2, 0.25) is 0 Å². The van der Waals surface area contributed by atoms with Crippen molar-refractivity contribution in [3.05, 3.63) is 59.4 Å². The van der Waals surface area contributed by atoms with E-state index in [1.807, 2.05) is 0 Å². The van der Waals surface area contributed by atoms with Gasteiger partial charge in [0.1, 0.15) is 5.82 Å². The Morgan fingerprint density at radius 3 is 2.55 bits per heavy atom. The summed E-state index contributed by atoms with van der Waals surface area (Å²) in [6, 6.07) is 9.29. The van der Waals surface area contributed by atoms with E-state index in [4.69, 9.17) is 0 Å². The van der Waals surface area contributed by atoms with Crippen LogP contribution in [0, 0.1) is 5.82 Å². The predicted molar refractivity (Wildman–Crippen MR) is 75.4 cm³/mol. The van der Waals surface area contributed by atoms with Gasteiger partial charge < -0.3 is 5.32 Å². The minimum Gasteiger partial charge on any atom is -0.305 e. The number of hydrogen-bond donors (Lipinski definition) is 2. The van der Waals surface area contributed by atoms with Gasteiger partial charge in [0.15, 0.2) is 5.82 Å². The lowest BCUT2D eigenvalue weighted by Crippen LogP contribution is -2.12. The lowest BCUT2D eigenvalue weighted by molar-refractivity contribution is 0.102. The number of aromatic amines is 1. The molecular formula is C15H10F3N3O. The maximum Gasteiger partial charge on any atom is 0.265 e. The summed E-state index contributed by atoms with van der Waals surface area (Å²) in [6.07, 6.45) is -2.65. The molecule has 3 aromatic rings. The van der Waals surface area contributed by atoms with Gasteiger partial charge in [0.25, 0.3) is 12.3 Å². The summed E-state index contributed by atoms with van der Waals surface area (Å²) in [7, 11) is 0. The SMILES string of the molecule is O=C(Nc1n[nH]c2c(C(F)F)cccc12)c1ccc(F)cc1. The average Bonchev–Trinajstić information content (AvgIpc) is 2.91. The number of H-pyrrole nitrogens is 1. The Labute approximate surface area is 123 Å². The third kappa shape index (κ3) is 2.52. The van der Waals surface area contributed by atoms with Crippen molar-refractivity contribution in [1.82, 2.24) is 10.2 Å². The van der Waals surface area contributed by atoms with Gasteiger partial charge in [-0.3, -0.25) is 9.89 Å². The highest BCUT2D eigenvalue weighted by molar-refractivity contribution is 6.08. The van der Waals surface area contributed by atoms with Crippen molar-refractivity contribution in [3.8, 4) is 0 Å². The molecule has 0 aliphatic carbocycles. The number of halogens is 3. The van der Waals surface area contributed by atoms with Crippen LogP contribution >= 0.6 is 0 Å². The Morgan fingerprint density at radius 1 is 1.14 bits per heavy atom. The summed E-state index contributed by atoms with van der Waals surface area (Å²) in [5.74, 6) is -0.814. The number of alkyl halides is 2. The number of nitrogens with one attached hydrogen (secondary N) is 2. The molecule has 7 heteroatoms. The Hall–Kier alpha value is -2.83. The Kier molecular flexibility index (Phi) is 3.54. The smallest absolute Gasteiger partial charge is 0.265 e. The summed E-state index contributed by atoms with van der Waals surface area (Å²) in [5.41, 5.74) is 0.224. The van der Waals surface area contributed by atoms with E-state index in [0.717, 1.165) is 12.1 Å². The number of para-hydroxylation sites is 1. The third-order valence-corrected chi connectivity index (χ3v) is 3.20. The Bertz CT molecular complexity index is 828. The molecule has 0 radical (unpaired) electrons. The van der Waals surface area contributed by atoms with Crippen molar-refractivity contribution in [2.24, 2.45) is 0 Å². The molecule has 4 nitrogen and oxygen atoms in total. The number of benzene rings is 2. The summed E-state index contributed by atoms with van der Waals surface area (Å²) in [5, 5.41) is 9.26. The number of aromatic nitrogens is 2. The maximum atomic E-state index is 12.9. The van der Waals surface area contributed by atoms with Crippen molar-refractivity contribution < 1.29 is 18.0 Å². The van der Waals surface area contributed by atoms with Crippen LogP contribution in [0.4, 0.5) is 19.0 Å². The highest BCUT2D eigenvalue weighted by atomic mass is 19.3. The van der Waals surface area contributed by atoms with E-state index in [0.29, 0.717) is 5.39 Å². The maximum absolute atomic E-state index is 12.9. The van der Waals surface area contributed by atoms with E-state index in [2.05, 4.69) is 15.5 Å². The molecule has 0 bridgehead atoms. The fourth-order valence-electron chi connectivity index (χ4n) is 2.12. The number of nitrogens with zero attached hydrogens (tertiary/aromatic N) is 1. The van der Waals surface area contributed by atoms with Gasteiger partial charge in [0.05, 0.1) is 5.52 Å². The Balaban J connectivity index is 1.93. The number of anilines is 1. The van der Waals surface area contributed by atoms with Gasteiger partial charge >= 0.3 is 0 Å². The van der Waals surface area contributed by atoms with E-state index in [1.54, 1.807) is 6.07 Å². The topological polar surface area (TPSA) is 57.8 Å². The number of amides is 1. The summed E-state index contributed by atoms with van der Waals surface area (Å²) in [6.45, 7) is 0. The molecule has 0 fully saturated rings. The van der Waals surface area contributed by atoms with Crippen LogP contribution in [-0.2, 0) is 0 Å². The molecule has 1 aromatic heterocycles. The van der Waals surface area contributed by atoms with E-state index in [9.17, 15) is 18.0 Å². The first-order valence-electron chi connectivity index (χ1n) is 6.38. The van der Waals surface area contributed by atoms with Gasteiger partial charge in [-0.25, -0.2) is 13.2 Å². The third-order valence-electron chi connectivity index (χ3n) is 3.20. The molecule has 0 aliphatic heterocycles. The van der Waals surface area contributed by atoms with Gasteiger partial charge in [0.2, 0.25) is 0 Å². The number of hydrogen-bond acceptors (Lipinski definition) is 2. The van der Waals surface area contributed by atoms with Crippen molar-refractivity contribution in [2.45, 2.75) is 6.43 Å². The molecule has 2 N–H and O–H groups in total. The summed E-state index contributed by atoms with van der Waals surface area (Å²) >= 11 is 0. The fourth-order valence-corrected chi connectivity index (χ4v) is 2.12. The molecular weight excluding hydrogens is 295 g/mol. The molecule has 2 aromatic carbocycles. The Morgan fingerprint density at radius 2 is 1.86 bits per heavy atom. The second-order valence-electron chi connectivity index (χ2n) is 4.60. The van der Waals surface area contributed by atoms with Crippen LogP contribution in [0.15, 0.2) is 42.5 Å². The molecule has 0 spiro atoms. The van der Waals surface area contributed by atoms with Gasteiger partial charge in [-0.05, 0) is 30.3 Å². The molecule has 1 heterocycles. The van der Waals surface area contributed by atoms with Crippen LogP contribution in [-0.4, -0.2) is 16.1 Å². The summed E-state index contributed by atoms with van der Waals surface area (Å²) < 4.78 is 38.6. The molecule has 0 atom stereocenters. The molecule has 0 saturated heterocycles. The molecule has 112 valence electrons. The van der Waals surface area contributed by atoms with E-state index < -0.39 is 18.1 Å². The second-order valence-corrected chi connectivity index (χ2v) is 4.60. The van der Waals surface area contributed by atoms with Crippen LogP contribution in [0.1, 0.15) is 22.3 Å². The van der Waals surface area contributed by atoms with Crippen molar-refractivity contribution in [3.63, 3.8) is 0 Å². The first kappa shape index (κ1) is 14.1. The number of fused-ring (bicyclic) bond motifs is 1. The van der Waals surface area contributed by atoms with Crippen LogP contribution in [0.25, 0.3) is 10.9 Å². The molecule has 0 unspecified atom stereocenters. The van der Waals surface area contributed by atoms with Gasteiger partial charge in [-0.2, -0.15) is 5.10 Å². The average molecular weight is 305 g/mol. The molecule has 0 aliphatic rings. The van der Waals surface area contributed by atoms with E-state index >= 15 is 0 Å². The highest BCUT2D eigenvalue weighted by Gasteiger charge is 2.17. The van der Waals surface area contributed by atoms with Gasteiger partial charge in [-0.1, -0.05) is 12.1 Å². The van der Waals surface area contributed by atoms with Crippen LogP contribution in [0.5, 0.6) is 0 Å². The van der Waals surface area contributed by atoms with E-state index in [1.165, 1.54) is 24.3 Å². The van der Waals surface area contributed by atoms with Gasteiger partial charge in [0, 0.05) is 16.5 Å². The summed E-state index contributed by atoms with van der Waals surface area (Å²) in [4.78, 5) is 12.1. The van der Waals surface area contributed by atoms with Crippen molar-refractivity contribution in [2.75, 3.05) is 5.32 Å². The first-order valence-corrected chi connectivity index (χ1v) is 6.38. The monoisotopic (exact) mass is 305 g/mol. The molecule has 0 saturated carbocycles. The minimum atomic E-state index is -2.65.